The van der Waals surface area contributed by atoms with Crippen LogP contribution in [0.2, 0.25) is 0 Å². The minimum absolute atomic E-state index is 0.00286. The maximum absolute atomic E-state index is 12.7. The summed E-state index contributed by atoms with van der Waals surface area (Å²) in [6.45, 7) is 4.71. The summed E-state index contributed by atoms with van der Waals surface area (Å²) in [7, 11) is 0. The second-order valence-electron chi connectivity index (χ2n) is 9.24. The summed E-state index contributed by atoms with van der Waals surface area (Å²) >= 11 is 1.49. The highest BCUT2D eigenvalue weighted by molar-refractivity contribution is 7.09. The average molecular weight is 483 g/mol. The molecule has 6 heteroatoms. The maximum atomic E-state index is 12.7. The van der Waals surface area contributed by atoms with Gasteiger partial charge in [-0.3, -0.25) is 4.79 Å². The van der Waals surface area contributed by atoms with Crippen LogP contribution in [0.25, 0.3) is 11.1 Å². The fourth-order valence-corrected chi connectivity index (χ4v) is 5.18. The third-order valence-electron chi connectivity index (χ3n) is 6.63. The van der Waals surface area contributed by atoms with E-state index in [1.807, 2.05) is 42.5 Å². The van der Waals surface area contributed by atoms with Gasteiger partial charge in [-0.15, -0.1) is 0 Å². The molecule has 4 aromatic rings. The van der Waals surface area contributed by atoms with Gasteiger partial charge < -0.3 is 10.2 Å². The molecular weight excluding hydrogens is 452 g/mol. The Morgan fingerprint density at radius 3 is 2.34 bits per heavy atom. The van der Waals surface area contributed by atoms with Gasteiger partial charge in [-0.25, -0.2) is 4.98 Å². The van der Waals surface area contributed by atoms with Crippen molar-refractivity contribution in [3.05, 3.63) is 101 Å². The lowest BCUT2D eigenvalue weighted by atomic mass is 9.97. The van der Waals surface area contributed by atoms with Crippen molar-refractivity contribution in [2.75, 3.05) is 24.5 Å². The molecule has 0 unspecified atom stereocenters. The molecule has 0 atom stereocenters. The number of aromatic nitrogens is 2. The van der Waals surface area contributed by atoms with Crippen molar-refractivity contribution in [1.29, 1.82) is 0 Å². The first-order valence-corrected chi connectivity index (χ1v) is 13.0. The van der Waals surface area contributed by atoms with Crippen LogP contribution in [-0.4, -0.2) is 34.9 Å². The summed E-state index contributed by atoms with van der Waals surface area (Å²) in [5.41, 5.74) is 5.49. The molecule has 0 spiro atoms. The van der Waals surface area contributed by atoms with E-state index in [0.29, 0.717) is 18.0 Å². The number of anilines is 1. The Balaban J connectivity index is 1.08. The van der Waals surface area contributed by atoms with Crippen LogP contribution in [0, 0.1) is 12.8 Å². The summed E-state index contributed by atoms with van der Waals surface area (Å²) in [6, 6.07) is 26.6. The largest absolute Gasteiger partial charge is 0.352 e. The Morgan fingerprint density at radius 2 is 1.63 bits per heavy atom. The molecule has 5 rings (SSSR count). The van der Waals surface area contributed by atoms with E-state index in [-0.39, 0.29) is 5.91 Å². The number of carbonyl (C=O) groups excluding carboxylic acids is 1. The summed E-state index contributed by atoms with van der Waals surface area (Å²) in [4.78, 5) is 19.8. The monoisotopic (exact) mass is 482 g/mol. The summed E-state index contributed by atoms with van der Waals surface area (Å²) < 4.78 is 4.58. The van der Waals surface area contributed by atoms with Gasteiger partial charge in [-0.1, -0.05) is 72.3 Å². The molecule has 5 nitrogen and oxygen atoms in total. The Labute approximate surface area is 211 Å². The molecule has 1 saturated heterocycles. The third kappa shape index (κ3) is 5.95. The van der Waals surface area contributed by atoms with Crippen LogP contribution >= 0.6 is 11.5 Å². The molecule has 1 aliphatic heterocycles. The minimum Gasteiger partial charge on any atom is -0.352 e. The van der Waals surface area contributed by atoms with Crippen molar-refractivity contribution < 1.29 is 4.79 Å². The quantitative estimate of drug-likeness (QED) is 0.364. The average Bonchev–Trinajstić information content (AvgIpc) is 3.38. The van der Waals surface area contributed by atoms with Crippen LogP contribution in [0.5, 0.6) is 0 Å². The fourth-order valence-electron chi connectivity index (χ4n) is 4.45. The molecule has 1 aliphatic rings. The van der Waals surface area contributed by atoms with Crippen molar-refractivity contribution in [3.8, 4) is 11.1 Å². The highest BCUT2D eigenvalue weighted by Crippen LogP contribution is 2.25. The van der Waals surface area contributed by atoms with E-state index in [2.05, 4.69) is 57.9 Å². The molecule has 1 amide bonds. The number of piperidine rings is 1. The van der Waals surface area contributed by atoms with Crippen molar-refractivity contribution in [1.82, 2.24) is 14.7 Å². The second-order valence-corrected chi connectivity index (χ2v) is 9.97. The van der Waals surface area contributed by atoms with Gasteiger partial charge in [0.25, 0.3) is 5.91 Å². The number of nitrogens with one attached hydrogen (secondary N) is 1. The number of hydrogen-bond acceptors (Lipinski definition) is 5. The summed E-state index contributed by atoms with van der Waals surface area (Å²) in [5.74, 6) is 1.37. The second kappa shape index (κ2) is 10.8. The molecule has 35 heavy (non-hydrogen) atoms. The Morgan fingerprint density at radius 1 is 0.943 bits per heavy atom. The van der Waals surface area contributed by atoms with E-state index in [1.54, 1.807) is 0 Å². The zero-order valence-electron chi connectivity index (χ0n) is 20.0. The predicted octanol–water partition coefficient (Wildman–Crippen LogP) is 5.75. The third-order valence-corrected chi connectivity index (χ3v) is 7.45. The number of aryl methyl sites for hydroxylation is 1. The van der Waals surface area contributed by atoms with E-state index in [1.165, 1.54) is 22.7 Å². The standard InChI is InChI=1S/C29H30N4OS/c1-21-7-9-22(10-8-21)19-27-31-29(35-32-27)33-17-15-23(16-18-33)20-30-28(34)26-13-11-25(12-14-26)24-5-3-2-4-6-24/h2-14,23H,15-20H2,1H3,(H,30,34). The van der Waals surface area contributed by atoms with Gasteiger partial charge in [-0.2, -0.15) is 4.37 Å². The first-order valence-electron chi connectivity index (χ1n) is 12.2. The molecule has 3 aromatic carbocycles. The summed E-state index contributed by atoms with van der Waals surface area (Å²) in [5, 5.41) is 4.14. The van der Waals surface area contributed by atoms with Crippen LogP contribution in [0.4, 0.5) is 5.13 Å². The summed E-state index contributed by atoms with van der Waals surface area (Å²) in [6.07, 6.45) is 2.85. The van der Waals surface area contributed by atoms with Gasteiger partial charge in [0.1, 0.15) is 5.82 Å². The van der Waals surface area contributed by atoms with Gasteiger partial charge >= 0.3 is 0 Å². The molecule has 2 heterocycles. The zero-order chi connectivity index (χ0) is 24.0. The lowest BCUT2D eigenvalue weighted by Gasteiger charge is -2.31. The van der Waals surface area contributed by atoms with E-state index in [4.69, 9.17) is 4.98 Å². The van der Waals surface area contributed by atoms with Crippen molar-refractivity contribution >= 4 is 22.6 Å². The Bertz CT molecular complexity index is 1240. The molecule has 1 fully saturated rings. The number of rotatable bonds is 7. The Kier molecular flexibility index (Phi) is 7.19. The highest BCUT2D eigenvalue weighted by Gasteiger charge is 2.22. The zero-order valence-corrected chi connectivity index (χ0v) is 20.8. The van der Waals surface area contributed by atoms with Crippen LogP contribution in [0.15, 0.2) is 78.9 Å². The molecule has 1 N–H and O–H groups in total. The van der Waals surface area contributed by atoms with Gasteiger partial charge in [0, 0.05) is 43.2 Å². The van der Waals surface area contributed by atoms with E-state index in [0.717, 1.165) is 54.4 Å². The molecule has 0 saturated carbocycles. The predicted molar refractivity (Wildman–Crippen MR) is 143 cm³/mol. The molecule has 1 aromatic heterocycles. The smallest absolute Gasteiger partial charge is 0.251 e. The van der Waals surface area contributed by atoms with Crippen LogP contribution in [-0.2, 0) is 6.42 Å². The number of benzene rings is 3. The van der Waals surface area contributed by atoms with Crippen LogP contribution < -0.4 is 10.2 Å². The topological polar surface area (TPSA) is 58.1 Å². The number of nitrogens with zero attached hydrogens (tertiary/aromatic N) is 3. The Hall–Kier alpha value is -3.51. The molecule has 0 bridgehead atoms. The number of hydrogen-bond donors (Lipinski definition) is 1. The fraction of sp³-hybridized carbons (Fsp3) is 0.276. The van der Waals surface area contributed by atoms with E-state index < -0.39 is 0 Å². The highest BCUT2D eigenvalue weighted by atomic mass is 32.1. The SMILES string of the molecule is Cc1ccc(Cc2nsc(N3CCC(CNC(=O)c4ccc(-c5ccccc5)cc4)CC3)n2)cc1. The maximum Gasteiger partial charge on any atom is 0.251 e. The molecular formula is C29H30N4OS. The molecule has 178 valence electrons. The van der Waals surface area contributed by atoms with Crippen molar-refractivity contribution in [2.45, 2.75) is 26.2 Å². The number of carbonyl (C=O) groups is 1. The van der Waals surface area contributed by atoms with Crippen molar-refractivity contribution in [3.63, 3.8) is 0 Å². The lowest BCUT2D eigenvalue weighted by molar-refractivity contribution is 0.0945. The minimum atomic E-state index is -0.00286. The van der Waals surface area contributed by atoms with Crippen molar-refractivity contribution in [2.24, 2.45) is 5.92 Å². The van der Waals surface area contributed by atoms with Crippen LogP contribution in [0.1, 0.15) is 40.2 Å². The lowest BCUT2D eigenvalue weighted by Crippen LogP contribution is -2.38. The first-order chi connectivity index (χ1) is 17.1. The molecule has 0 radical (unpaired) electrons. The van der Waals surface area contributed by atoms with E-state index in [9.17, 15) is 4.79 Å². The van der Waals surface area contributed by atoms with E-state index >= 15 is 0 Å². The van der Waals surface area contributed by atoms with Gasteiger partial charge in [0.15, 0.2) is 0 Å². The van der Waals surface area contributed by atoms with Gasteiger partial charge in [0.05, 0.1) is 0 Å². The van der Waals surface area contributed by atoms with Gasteiger partial charge in [-0.05, 0) is 54.5 Å². The number of amides is 1. The first kappa shape index (κ1) is 23.2. The van der Waals surface area contributed by atoms with Crippen LogP contribution in [0.3, 0.4) is 0 Å². The molecule has 0 aliphatic carbocycles. The normalized spacial score (nSPS) is 14.1. The van der Waals surface area contributed by atoms with Gasteiger partial charge in [0.2, 0.25) is 5.13 Å².